The number of hydrogen-bond acceptors (Lipinski definition) is 4. The predicted molar refractivity (Wildman–Crippen MR) is 86.6 cm³/mol. The highest BCUT2D eigenvalue weighted by atomic mass is 32.2. The molecule has 1 amide bonds. The fraction of sp³-hybridized carbons (Fsp3) is 0.385. The molecule has 3 N–H and O–H groups in total. The van der Waals surface area contributed by atoms with Crippen molar-refractivity contribution >= 4 is 38.8 Å². The highest BCUT2D eigenvalue weighted by molar-refractivity contribution is 7.89. The standard InChI is InChI=1S/C13H19N3O3S2/c1-9(8-13(14)20)16(3)21(18,19)12-6-4-11(5-7-12)15-10(2)17/h4-7,9H,8H2,1-3H3,(H2,14,20)(H,15,17). The molecular formula is C13H19N3O3S2. The second-order valence-electron chi connectivity index (χ2n) is 4.75. The molecule has 0 heterocycles. The number of anilines is 1. The van der Waals surface area contributed by atoms with Crippen LogP contribution in [0.15, 0.2) is 29.2 Å². The quantitative estimate of drug-likeness (QED) is 0.768. The Morgan fingerprint density at radius 3 is 2.33 bits per heavy atom. The summed E-state index contributed by atoms with van der Waals surface area (Å²) in [6.07, 6.45) is 0.315. The molecule has 1 atom stereocenters. The minimum atomic E-state index is -3.62. The number of nitrogens with two attached hydrogens (primary N) is 1. The summed E-state index contributed by atoms with van der Waals surface area (Å²) >= 11 is 4.80. The summed E-state index contributed by atoms with van der Waals surface area (Å²) in [6.45, 7) is 3.12. The van der Waals surface area contributed by atoms with Gasteiger partial charge in [-0.05, 0) is 31.2 Å². The highest BCUT2D eigenvalue weighted by Gasteiger charge is 2.25. The molecule has 1 aromatic rings. The first-order valence-electron chi connectivity index (χ1n) is 6.28. The van der Waals surface area contributed by atoms with Gasteiger partial charge in [0.25, 0.3) is 0 Å². The molecule has 0 fully saturated rings. The van der Waals surface area contributed by atoms with Gasteiger partial charge in [0, 0.05) is 32.1 Å². The van der Waals surface area contributed by atoms with Crippen LogP contribution in [-0.2, 0) is 14.8 Å². The maximum atomic E-state index is 12.4. The Balaban J connectivity index is 2.96. The smallest absolute Gasteiger partial charge is 0.243 e. The fourth-order valence-corrected chi connectivity index (χ4v) is 3.34. The SMILES string of the molecule is CC(=O)Nc1ccc(S(=O)(=O)N(C)C(C)CC(N)=S)cc1. The Morgan fingerprint density at radius 1 is 1.38 bits per heavy atom. The number of carbonyl (C=O) groups excluding carboxylic acids is 1. The van der Waals surface area contributed by atoms with Gasteiger partial charge < -0.3 is 11.1 Å². The maximum Gasteiger partial charge on any atom is 0.243 e. The van der Waals surface area contributed by atoms with E-state index in [1.54, 1.807) is 19.1 Å². The molecule has 0 aliphatic rings. The third-order valence-electron chi connectivity index (χ3n) is 2.97. The Hall–Kier alpha value is -1.51. The summed E-state index contributed by atoms with van der Waals surface area (Å²) < 4.78 is 26.1. The first kappa shape index (κ1) is 17.5. The Bertz CT molecular complexity index is 627. The average Bonchev–Trinajstić information content (AvgIpc) is 2.36. The second-order valence-corrected chi connectivity index (χ2v) is 7.27. The molecule has 6 nitrogen and oxygen atoms in total. The van der Waals surface area contributed by atoms with Gasteiger partial charge >= 0.3 is 0 Å². The van der Waals surface area contributed by atoms with Gasteiger partial charge in [-0.25, -0.2) is 8.42 Å². The van der Waals surface area contributed by atoms with Crippen LogP contribution in [0.25, 0.3) is 0 Å². The summed E-state index contributed by atoms with van der Waals surface area (Å²) in [5.41, 5.74) is 5.99. The van der Waals surface area contributed by atoms with Gasteiger partial charge in [-0.15, -0.1) is 0 Å². The summed E-state index contributed by atoms with van der Waals surface area (Å²) in [6, 6.07) is 5.65. The highest BCUT2D eigenvalue weighted by Crippen LogP contribution is 2.20. The molecule has 1 unspecified atom stereocenters. The van der Waals surface area contributed by atoms with Crippen molar-refractivity contribution in [2.75, 3.05) is 12.4 Å². The number of amides is 1. The van der Waals surface area contributed by atoms with Crippen molar-refractivity contribution in [3.8, 4) is 0 Å². The minimum Gasteiger partial charge on any atom is -0.393 e. The van der Waals surface area contributed by atoms with E-state index in [2.05, 4.69) is 5.32 Å². The number of benzene rings is 1. The van der Waals surface area contributed by atoms with Crippen molar-refractivity contribution in [3.05, 3.63) is 24.3 Å². The molecule has 0 spiro atoms. The van der Waals surface area contributed by atoms with E-state index < -0.39 is 10.0 Å². The lowest BCUT2D eigenvalue weighted by Gasteiger charge is -2.24. The zero-order valence-electron chi connectivity index (χ0n) is 12.2. The summed E-state index contributed by atoms with van der Waals surface area (Å²) in [5, 5.41) is 2.58. The van der Waals surface area contributed by atoms with Gasteiger partial charge in [0.1, 0.15) is 0 Å². The number of hydrogen-bond donors (Lipinski definition) is 2. The summed E-state index contributed by atoms with van der Waals surface area (Å²) in [7, 11) is -2.14. The molecule has 0 bridgehead atoms. The van der Waals surface area contributed by atoms with E-state index >= 15 is 0 Å². The van der Waals surface area contributed by atoms with Crippen molar-refractivity contribution in [2.24, 2.45) is 5.73 Å². The molecule has 8 heteroatoms. The van der Waals surface area contributed by atoms with Gasteiger partial charge in [0.2, 0.25) is 15.9 Å². The summed E-state index contributed by atoms with van der Waals surface area (Å²) in [4.78, 5) is 11.3. The Morgan fingerprint density at radius 2 is 1.90 bits per heavy atom. The van der Waals surface area contributed by atoms with Crippen LogP contribution in [0.3, 0.4) is 0 Å². The van der Waals surface area contributed by atoms with E-state index in [9.17, 15) is 13.2 Å². The van der Waals surface area contributed by atoms with Crippen LogP contribution < -0.4 is 11.1 Å². The molecule has 1 rings (SSSR count). The zero-order valence-corrected chi connectivity index (χ0v) is 13.8. The molecule has 0 aliphatic carbocycles. The van der Waals surface area contributed by atoms with Crippen molar-refractivity contribution in [2.45, 2.75) is 31.2 Å². The van der Waals surface area contributed by atoms with Crippen molar-refractivity contribution in [3.63, 3.8) is 0 Å². The van der Waals surface area contributed by atoms with Gasteiger partial charge in [-0.2, -0.15) is 4.31 Å². The molecule has 0 aromatic heterocycles. The Labute approximate surface area is 130 Å². The number of sulfonamides is 1. The molecule has 0 aliphatic heterocycles. The molecule has 0 radical (unpaired) electrons. The molecule has 116 valence electrons. The van der Waals surface area contributed by atoms with Gasteiger partial charge in [-0.1, -0.05) is 12.2 Å². The first-order chi connectivity index (χ1) is 9.64. The van der Waals surface area contributed by atoms with Gasteiger partial charge in [0.05, 0.1) is 9.88 Å². The van der Waals surface area contributed by atoms with E-state index in [1.165, 1.54) is 30.4 Å². The lowest BCUT2D eigenvalue weighted by Crippen LogP contribution is -2.37. The summed E-state index contributed by atoms with van der Waals surface area (Å²) in [5.74, 6) is -0.215. The molecule has 21 heavy (non-hydrogen) atoms. The van der Waals surface area contributed by atoms with Gasteiger partial charge in [0.15, 0.2) is 0 Å². The lowest BCUT2D eigenvalue weighted by molar-refractivity contribution is -0.114. The van der Waals surface area contributed by atoms with Crippen LogP contribution in [0, 0.1) is 0 Å². The normalized spacial score (nSPS) is 13.0. The number of carbonyl (C=O) groups is 1. The fourth-order valence-electron chi connectivity index (χ4n) is 1.74. The van der Waals surface area contributed by atoms with Gasteiger partial charge in [-0.3, -0.25) is 4.79 Å². The first-order valence-corrected chi connectivity index (χ1v) is 8.13. The van der Waals surface area contributed by atoms with E-state index in [0.29, 0.717) is 12.1 Å². The zero-order chi connectivity index (χ0) is 16.2. The van der Waals surface area contributed by atoms with Crippen molar-refractivity contribution in [1.29, 1.82) is 0 Å². The minimum absolute atomic E-state index is 0.147. The predicted octanol–water partition coefficient (Wildman–Crippen LogP) is 1.33. The number of nitrogens with zero attached hydrogens (tertiary/aromatic N) is 1. The van der Waals surface area contributed by atoms with Crippen LogP contribution in [0.1, 0.15) is 20.3 Å². The topological polar surface area (TPSA) is 92.5 Å². The maximum absolute atomic E-state index is 12.4. The lowest BCUT2D eigenvalue weighted by atomic mass is 10.2. The molecule has 0 saturated carbocycles. The second kappa shape index (κ2) is 6.97. The van der Waals surface area contributed by atoms with Crippen LogP contribution in [-0.4, -0.2) is 36.7 Å². The van der Waals surface area contributed by atoms with Crippen LogP contribution >= 0.6 is 12.2 Å². The average molecular weight is 329 g/mol. The van der Waals surface area contributed by atoms with Crippen LogP contribution in [0.2, 0.25) is 0 Å². The van der Waals surface area contributed by atoms with E-state index in [1.807, 2.05) is 0 Å². The van der Waals surface area contributed by atoms with Crippen molar-refractivity contribution < 1.29 is 13.2 Å². The number of thiocarbonyl (C=S) groups is 1. The van der Waals surface area contributed by atoms with E-state index in [-0.39, 0.29) is 21.8 Å². The largest absolute Gasteiger partial charge is 0.393 e. The monoisotopic (exact) mass is 329 g/mol. The third-order valence-corrected chi connectivity index (χ3v) is 5.12. The molecule has 1 aromatic carbocycles. The number of rotatable bonds is 6. The van der Waals surface area contributed by atoms with Crippen LogP contribution in [0.5, 0.6) is 0 Å². The van der Waals surface area contributed by atoms with Crippen molar-refractivity contribution in [1.82, 2.24) is 4.31 Å². The van der Waals surface area contributed by atoms with E-state index in [0.717, 1.165) is 0 Å². The molecular weight excluding hydrogens is 310 g/mol. The van der Waals surface area contributed by atoms with Crippen LogP contribution in [0.4, 0.5) is 5.69 Å². The molecule has 0 saturated heterocycles. The number of nitrogens with one attached hydrogen (secondary N) is 1. The Kier molecular flexibility index (Phi) is 5.82. The third kappa shape index (κ3) is 4.76. The van der Waals surface area contributed by atoms with E-state index in [4.69, 9.17) is 18.0 Å².